The minimum absolute atomic E-state index is 0.0625. The smallest absolute Gasteiger partial charge is 0.242 e. The molecule has 2 aromatic carbocycles. The van der Waals surface area contributed by atoms with Gasteiger partial charge in [-0.2, -0.15) is 0 Å². The van der Waals surface area contributed by atoms with Gasteiger partial charge in [-0.25, -0.2) is 0 Å². The van der Waals surface area contributed by atoms with E-state index in [1.165, 1.54) is 0 Å². The van der Waals surface area contributed by atoms with Gasteiger partial charge < -0.3 is 19.7 Å². The third kappa shape index (κ3) is 8.19. The van der Waals surface area contributed by atoms with Crippen molar-refractivity contribution in [2.45, 2.75) is 58.7 Å². The van der Waals surface area contributed by atoms with Crippen LogP contribution < -0.4 is 14.8 Å². The zero-order valence-electron chi connectivity index (χ0n) is 19.3. The Morgan fingerprint density at radius 3 is 2.25 bits per heavy atom. The van der Waals surface area contributed by atoms with Crippen LogP contribution in [0.4, 0.5) is 0 Å². The van der Waals surface area contributed by atoms with Crippen molar-refractivity contribution in [2.24, 2.45) is 0 Å². The van der Waals surface area contributed by atoms with E-state index in [0.717, 1.165) is 28.0 Å². The molecule has 174 valence electrons. The first-order valence-electron chi connectivity index (χ1n) is 10.9. The largest absolute Gasteiger partial charge is 0.497 e. The number of carbonyl (C=O) groups excluding carboxylic acids is 2. The zero-order valence-corrected chi connectivity index (χ0v) is 20.9. The number of carbonyl (C=O) groups is 2. The lowest BCUT2D eigenvalue weighted by molar-refractivity contribution is -0.141. The molecule has 2 unspecified atom stereocenters. The van der Waals surface area contributed by atoms with Crippen LogP contribution in [0.5, 0.6) is 11.5 Å². The zero-order chi connectivity index (χ0) is 23.5. The van der Waals surface area contributed by atoms with Gasteiger partial charge in [-0.05, 0) is 68.7 Å². The first kappa shape index (κ1) is 25.7. The van der Waals surface area contributed by atoms with Crippen molar-refractivity contribution in [3.8, 4) is 11.5 Å². The molecule has 2 aromatic rings. The third-order valence-electron chi connectivity index (χ3n) is 5.30. The predicted octanol–water partition coefficient (Wildman–Crippen LogP) is 4.95. The molecule has 0 bridgehead atoms. The number of halogens is 1. The second-order valence-corrected chi connectivity index (χ2v) is 8.69. The summed E-state index contributed by atoms with van der Waals surface area (Å²) in [5, 5.41) is 2.98. The fourth-order valence-corrected chi connectivity index (χ4v) is 3.33. The highest BCUT2D eigenvalue weighted by Gasteiger charge is 2.26. The maximum absolute atomic E-state index is 13.1. The van der Waals surface area contributed by atoms with E-state index in [4.69, 9.17) is 9.47 Å². The van der Waals surface area contributed by atoms with E-state index in [1.807, 2.05) is 62.4 Å². The van der Waals surface area contributed by atoms with E-state index in [1.54, 1.807) is 18.9 Å². The number of methoxy groups -OCH3 is 1. The van der Waals surface area contributed by atoms with Crippen LogP contribution in [-0.4, -0.2) is 42.5 Å². The first-order valence-corrected chi connectivity index (χ1v) is 11.7. The highest BCUT2D eigenvalue weighted by atomic mass is 79.9. The van der Waals surface area contributed by atoms with Gasteiger partial charge in [-0.1, -0.05) is 35.0 Å². The molecule has 0 spiro atoms. The Morgan fingerprint density at radius 1 is 1.03 bits per heavy atom. The third-order valence-corrected chi connectivity index (χ3v) is 5.83. The molecule has 0 saturated carbocycles. The lowest BCUT2D eigenvalue weighted by Gasteiger charge is -2.29. The molecule has 0 fully saturated rings. The summed E-state index contributed by atoms with van der Waals surface area (Å²) in [7, 11) is 1.62. The van der Waals surface area contributed by atoms with E-state index in [2.05, 4.69) is 21.2 Å². The van der Waals surface area contributed by atoms with Crippen LogP contribution in [0.3, 0.4) is 0 Å². The molecule has 0 aliphatic heterocycles. The van der Waals surface area contributed by atoms with Crippen molar-refractivity contribution in [1.29, 1.82) is 0 Å². The van der Waals surface area contributed by atoms with Crippen molar-refractivity contribution in [3.63, 3.8) is 0 Å². The molecule has 0 saturated heterocycles. The normalized spacial score (nSPS) is 12.5. The van der Waals surface area contributed by atoms with Crippen molar-refractivity contribution >= 4 is 27.7 Å². The number of benzene rings is 2. The summed E-state index contributed by atoms with van der Waals surface area (Å²) in [4.78, 5) is 27.4. The van der Waals surface area contributed by atoms with Gasteiger partial charge in [0.15, 0.2) is 0 Å². The lowest BCUT2D eigenvalue weighted by Crippen LogP contribution is -2.49. The number of nitrogens with zero attached hydrogens (tertiary/aromatic N) is 1. The first-order chi connectivity index (χ1) is 15.3. The summed E-state index contributed by atoms with van der Waals surface area (Å²) < 4.78 is 11.8. The summed E-state index contributed by atoms with van der Waals surface area (Å²) in [6.45, 7) is 6.55. The van der Waals surface area contributed by atoms with E-state index < -0.39 is 6.04 Å². The minimum Gasteiger partial charge on any atom is -0.497 e. The van der Waals surface area contributed by atoms with Crippen LogP contribution >= 0.6 is 15.9 Å². The Bertz CT molecular complexity index is 855. The van der Waals surface area contributed by atoms with Gasteiger partial charge in [0.1, 0.15) is 17.5 Å². The molecule has 2 rings (SSSR count). The molecule has 32 heavy (non-hydrogen) atoms. The van der Waals surface area contributed by atoms with E-state index in [9.17, 15) is 9.59 Å². The number of hydrogen-bond acceptors (Lipinski definition) is 4. The van der Waals surface area contributed by atoms with E-state index >= 15 is 0 Å². The van der Waals surface area contributed by atoms with Crippen LogP contribution in [0.2, 0.25) is 0 Å². The van der Waals surface area contributed by atoms with Gasteiger partial charge in [0.25, 0.3) is 0 Å². The Kier molecular flexibility index (Phi) is 10.5. The van der Waals surface area contributed by atoms with E-state index in [-0.39, 0.29) is 17.9 Å². The van der Waals surface area contributed by atoms with Crippen LogP contribution in [0.15, 0.2) is 53.0 Å². The predicted molar refractivity (Wildman–Crippen MR) is 130 cm³/mol. The molecule has 6 nitrogen and oxygen atoms in total. The van der Waals surface area contributed by atoms with Gasteiger partial charge in [-0.3, -0.25) is 9.59 Å². The second kappa shape index (κ2) is 13.1. The number of ether oxygens (including phenoxy) is 2. The Labute approximate surface area is 199 Å². The molecular formula is C25H33BrN2O4. The van der Waals surface area contributed by atoms with E-state index in [0.29, 0.717) is 26.0 Å². The van der Waals surface area contributed by atoms with Gasteiger partial charge in [0, 0.05) is 23.5 Å². The second-order valence-electron chi connectivity index (χ2n) is 7.77. The topological polar surface area (TPSA) is 67.9 Å². The summed E-state index contributed by atoms with van der Waals surface area (Å²) >= 11 is 3.43. The highest BCUT2D eigenvalue weighted by Crippen LogP contribution is 2.18. The molecule has 0 radical (unpaired) electrons. The van der Waals surface area contributed by atoms with Gasteiger partial charge in [0.2, 0.25) is 11.8 Å². The van der Waals surface area contributed by atoms with Crippen molar-refractivity contribution in [1.82, 2.24) is 10.2 Å². The Hall–Kier alpha value is -2.54. The highest BCUT2D eigenvalue weighted by molar-refractivity contribution is 9.10. The Morgan fingerprint density at radius 2 is 1.66 bits per heavy atom. The van der Waals surface area contributed by atoms with Gasteiger partial charge in [-0.15, -0.1) is 0 Å². The Balaban J connectivity index is 1.98. The maximum atomic E-state index is 13.1. The summed E-state index contributed by atoms with van der Waals surface area (Å²) in [5.41, 5.74) is 0.972. The van der Waals surface area contributed by atoms with Crippen molar-refractivity contribution in [2.75, 3.05) is 13.7 Å². The molecule has 0 aliphatic carbocycles. The quantitative estimate of drug-likeness (QED) is 0.415. The van der Waals surface area contributed by atoms with Crippen molar-refractivity contribution in [3.05, 3.63) is 58.6 Å². The summed E-state index contributed by atoms with van der Waals surface area (Å²) in [6, 6.07) is 14.6. The minimum atomic E-state index is -0.567. The fourth-order valence-electron chi connectivity index (χ4n) is 3.06. The molecule has 2 amide bonds. The standard InChI is InChI=1S/C25H33BrN2O4/c1-5-18(2)27-25(30)19(3)28(17-20-8-10-21(26)11-9-20)24(29)7-6-16-32-23-14-12-22(31-4)13-15-23/h8-15,18-19H,5-7,16-17H2,1-4H3,(H,27,30). The van der Waals surface area contributed by atoms with Gasteiger partial charge >= 0.3 is 0 Å². The molecule has 0 heterocycles. The fraction of sp³-hybridized carbons (Fsp3) is 0.440. The average Bonchev–Trinajstić information content (AvgIpc) is 2.81. The summed E-state index contributed by atoms with van der Waals surface area (Å²) in [6.07, 6.45) is 1.69. The monoisotopic (exact) mass is 504 g/mol. The number of amides is 2. The molecule has 7 heteroatoms. The number of rotatable bonds is 12. The van der Waals surface area contributed by atoms with Crippen LogP contribution in [0.1, 0.15) is 45.6 Å². The van der Waals surface area contributed by atoms with Crippen LogP contribution in [-0.2, 0) is 16.1 Å². The molecular weight excluding hydrogens is 472 g/mol. The van der Waals surface area contributed by atoms with Gasteiger partial charge in [0.05, 0.1) is 13.7 Å². The average molecular weight is 505 g/mol. The lowest BCUT2D eigenvalue weighted by atomic mass is 10.1. The van der Waals surface area contributed by atoms with Crippen LogP contribution in [0, 0.1) is 0 Å². The molecule has 1 N–H and O–H groups in total. The van der Waals surface area contributed by atoms with Crippen molar-refractivity contribution < 1.29 is 19.1 Å². The molecule has 0 aliphatic rings. The molecule has 2 atom stereocenters. The molecule has 0 aromatic heterocycles. The van der Waals surface area contributed by atoms with Crippen LogP contribution in [0.25, 0.3) is 0 Å². The SMILES string of the molecule is CCC(C)NC(=O)C(C)N(Cc1ccc(Br)cc1)C(=O)CCCOc1ccc(OC)cc1. The summed E-state index contributed by atoms with van der Waals surface area (Å²) in [5.74, 6) is 1.28. The number of hydrogen-bond donors (Lipinski definition) is 1. The number of nitrogens with one attached hydrogen (secondary N) is 1. The maximum Gasteiger partial charge on any atom is 0.242 e.